The Labute approximate surface area is 156 Å². The lowest BCUT2D eigenvalue weighted by molar-refractivity contribution is 0.0735. The molecule has 6 heteroatoms. The molecule has 122 valence electrons. The number of nitrogens with zero attached hydrogens (tertiary/aromatic N) is 2. The van der Waals surface area contributed by atoms with Gasteiger partial charge < -0.3 is 9.15 Å². The number of benzene rings is 2. The Morgan fingerprint density at radius 1 is 1.04 bits per heavy atom. The van der Waals surface area contributed by atoms with E-state index in [9.17, 15) is 4.79 Å². The minimum absolute atomic E-state index is 0.403. The molecule has 4 rings (SSSR count). The highest BCUT2D eigenvalue weighted by Crippen LogP contribution is 2.26. The van der Waals surface area contributed by atoms with Gasteiger partial charge in [0.2, 0.25) is 5.89 Å². The van der Waals surface area contributed by atoms with Crippen LogP contribution in [0.2, 0.25) is 0 Å². The van der Waals surface area contributed by atoms with Crippen LogP contribution in [-0.4, -0.2) is 15.9 Å². The van der Waals surface area contributed by atoms with Crippen molar-refractivity contribution in [2.75, 3.05) is 0 Å². The molecule has 0 saturated carbocycles. The number of carbonyl (C=O) groups excluding carboxylic acids is 1. The van der Waals surface area contributed by atoms with Crippen molar-refractivity contribution >= 4 is 39.7 Å². The first-order chi connectivity index (χ1) is 12.2. The van der Waals surface area contributed by atoms with E-state index in [2.05, 4.69) is 32.6 Å². The van der Waals surface area contributed by atoms with Gasteiger partial charge in [-0.2, -0.15) is 0 Å². The third-order valence-electron chi connectivity index (χ3n) is 3.53. The number of hydrogen-bond donors (Lipinski definition) is 0. The SMILES string of the molecule is O=C(Oc1ccc2nc(-c3ccccn3)oc2c1)c1ccc(I)cc1. The van der Waals surface area contributed by atoms with Crippen LogP contribution in [0.1, 0.15) is 10.4 Å². The molecule has 0 amide bonds. The average molecular weight is 442 g/mol. The number of halogens is 1. The van der Waals surface area contributed by atoms with Gasteiger partial charge in [-0.05, 0) is 71.1 Å². The van der Waals surface area contributed by atoms with Crippen molar-refractivity contribution in [2.45, 2.75) is 0 Å². The number of ether oxygens (including phenoxy) is 1. The van der Waals surface area contributed by atoms with Crippen molar-refractivity contribution < 1.29 is 13.9 Å². The number of hydrogen-bond acceptors (Lipinski definition) is 5. The number of pyridine rings is 1. The Morgan fingerprint density at radius 3 is 2.64 bits per heavy atom. The van der Waals surface area contributed by atoms with Crippen LogP contribution in [0.3, 0.4) is 0 Å². The summed E-state index contributed by atoms with van der Waals surface area (Å²) in [5.74, 6) is 0.414. The lowest BCUT2D eigenvalue weighted by atomic mass is 10.2. The second-order valence-electron chi connectivity index (χ2n) is 5.26. The van der Waals surface area contributed by atoms with Crippen molar-refractivity contribution in [3.63, 3.8) is 0 Å². The van der Waals surface area contributed by atoms with E-state index in [0.29, 0.717) is 34.0 Å². The first-order valence-corrected chi connectivity index (χ1v) is 8.57. The van der Waals surface area contributed by atoms with E-state index in [0.717, 1.165) is 3.57 Å². The Bertz CT molecular complexity index is 1040. The molecule has 0 bridgehead atoms. The van der Waals surface area contributed by atoms with Gasteiger partial charge in [0.25, 0.3) is 0 Å². The number of esters is 1. The first kappa shape index (κ1) is 15.8. The first-order valence-electron chi connectivity index (χ1n) is 7.49. The molecule has 5 nitrogen and oxygen atoms in total. The average Bonchev–Trinajstić information content (AvgIpc) is 3.06. The van der Waals surface area contributed by atoms with Crippen LogP contribution in [0.15, 0.2) is 71.3 Å². The Morgan fingerprint density at radius 2 is 1.88 bits per heavy atom. The number of carbonyl (C=O) groups is 1. The Kier molecular flexibility index (Phi) is 4.19. The fourth-order valence-electron chi connectivity index (χ4n) is 2.32. The van der Waals surface area contributed by atoms with Crippen molar-refractivity contribution in [1.82, 2.24) is 9.97 Å². The molecule has 0 aliphatic heterocycles. The van der Waals surface area contributed by atoms with Crippen molar-refractivity contribution in [3.05, 3.63) is 76.0 Å². The van der Waals surface area contributed by atoms with E-state index in [1.54, 1.807) is 36.5 Å². The van der Waals surface area contributed by atoms with E-state index >= 15 is 0 Å². The molecule has 0 radical (unpaired) electrons. The zero-order chi connectivity index (χ0) is 17.2. The van der Waals surface area contributed by atoms with E-state index in [1.165, 1.54) is 0 Å². The molecule has 2 aromatic heterocycles. The molecule has 4 aromatic rings. The molecule has 0 fully saturated rings. The molecule has 2 heterocycles. The topological polar surface area (TPSA) is 65.2 Å². The molecule has 0 aliphatic rings. The summed E-state index contributed by atoms with van der Waals surface area (Å²) in [6.07, 6.45) is 1.68. The van der Waals surface area contributed by atoms with Gasteiger partial charge in [0.1, 0.15) is 17.0 Å². The van der Waals surface area contributed by atoms with Crippen LogP contribution in [0.25, 0.3) is 22.7 Å². The molecule has 25 heavy (non-hydrogen) atoms. The number of rotatable bonds is 3. The van der Waals surface area contributed by atoms with Crippen molar-refractivity contribution in [1.29, 1.82) is 0 Å². The molecular formula is C19H11IN2O3. The van der Waals surface area contributed by atoms with Gasteiger partial charge >= 0.3 is 5.97 Å². The summed E-state index contributed by atoms with van der Waals surface area (Å²) in [4.78, 5) is 20.8. The van der Waals surface area contributed by atoms with Gasteiger partial charge in [-0.15, -0.1) is 0 Å². The third kappa shape index (κ3) is 3.39. The molecule has 0 saturated heterocycles. The van der Waals surface area contributed by atoms with Gasteiger partial charge in [0.05, 0.1) is 5.56 Å². The standard InChI is InChI=1S/C19H11IN2O3/c20-13-6-4-12(5-7-13)19(23)24-14-8-9-15-17(11-14)25-18(22-15)16-3-1-2-10-21-16/h1-11H. The van der Waals surface area contributed by atoms with E-state index < -0.39 is 5.97 Å². The predicted octanol–water partition coefficient (Wildman–Crippen LogP) is 4.71. The highest BCUT2D eigenvalue weighted by Gasteiger charge is 2.12. The molecule has 0 unspecified atom stereocenters. The summed E-state index contributed by atoms with van der Waals surface area (Å²) in [6.45, 7) is 0. The van der Waals surface area contributed by atoms with E-state index in [4.69, 9.17) is 9.15 Å². The Balaban J connectivity index is 1.61. The zero-order valence-corrected chi connectivity index (χ0v) is 15.0. The lowest BCUT2D eigenvalue weighted by Gasteiger charge is -2.04. The van der Waals surface area contributed by atoms with E-state index in [1.807, 2.05) is 30.3 Å². The maximum absolute atomic E-state index is 12.2. The predicted molar refractivity (Wildman–Crippen MR) is 101 cm³/mol. The molecule has 0 atom stereocenters. The summed E-state index contributed by atoms with van der Waals surface area (Å²) in [6, 6.07) is 17.8. The van der Waals surface area contributed by atoms with Crippen LogP contribution in [0.5, 0.6) is 5.75 Å². The monoisotopic (exact) mass is 442 g/mol. The lowest BCUT2D eigenvalue weighted by Crippen LogP contribution is -2.08. The Hall–Kier alpha value is -2.74. The van der Waals surface area contributed by atoms with Crippen LogP contribution in [0.4, 0.5) is 0 Å². The summed E-state index contributed by atoms with van der Waals surface area (Å²) in [5.41, 5.74) is 2.35. The van der Waals surface area contributed by atoms with Crippen molar-refractivity contribution in [2.24, 2.45) is 0 Å². The fourth-order valence-corrected chi connectivity index (χ4v) is 2.68. The highest BCUT2D eigenvalue weighted by molar-refractivity contribution is 14.1. The molecule has 0 spiro atoms. The van der Waals surface area contributed by atoms with Crippen LogP contribution in [-0.2, 0) is 0 Å². The van der Waals surface area contributed by atoms with Gasteiger partial charge in [-0.25, -0.2) is 9.78 Å². The van der Waals surface area contributed by atoms with Crippen LogP contribution < -0.4 is 4.74 Å². The molecule has 0 aliphatic carbocycles. The second kappa shape index (κ2) is 6.64. The van der Waals surface area contributed by atoms with Gasteiger partial charge in [0, 0.05) is 15.8 Å². The third-order valence-corrected chi connectivity index (χ3v) is 4.25. The fraction of sp³-hybridized carbons (Fsp3) is 0. The molecule has 2 aromatic carbocycles. The van der Waals surface area contributed by atoms with E-state index in [-0.39, 0.29) is 0 Å². The number of aromatic nitrogens is 2. The summed E-state index contributed by atoms with van der Waals surface area (Å²) in [7, 11) is 0. The molecule has 0 N–H and O–H groups in total. The summed E-state index contributed by atoms with van der Waals surface area (Å²) < 4.78 is 12.2. The van der Waals surface area contributed by atoms with Gasteiger partial charge in [0.15, 0.2) is 5.58 Å². The normalized spacial score (nSPS) is 10.8. The van der Waals surface area contributed by atoms with Crippen molar-refractivity contribution in [3.8, 4) is 17.3 Å². The quantitative estimate of drug-likeness (QED) is 0.261. The van der Waals surface area contributed by atoms with Crippen LogP contribution in [0, 0.1) is 3.57 Å². The summed E-state index contributed by atoms with van der Waals surface area (Å²) in [5, 5.41) is 0. The zero-order valence-electron chi connectivity index (χ0n) is 12.8. The number of fused-ring (bicyclic) bond motifs is 1. The summed E-state index contributed by atoms with van der Waals surface area (Å²) >= 11 is 2.18. The van der Waals surface area contributed by atoms with Crippen LogP contribution >= 0.6 is 22.6 Å². The largest absolute Gasteiger partial charge is 0.435 e. The maximum atomic E-state index is 12.2. The van der Waals surface area contributed by atoms with Gasteiger partial charge in [-0.1, -0.05) is 6.07 Å². The highest BCUT2D eigenvalue weighted by atomic mass is 127. The second-order valence-corrected chi connectivity index (χ2v) is 6.51. The smallest absolute Gasteiger partial charge is 0.343 e. The molecular weight excluding hydrogens is 431 g/mol. The minimum Gasteiger partial charge on any atom is -0.435 e. The minimum atomic E-state index is -0.416. The van der Waals surface area contributed by atoms with Gasteiger partial charge in [-0.3, -0.25) is 4.98 Å². The maximum Gasteiger partial charge on any atom is 0.343 e. The number of oxazole rings is 1.